The van der Waals surface area contributed by atoms with E-state index in [4.69, 9.17) is 4.84 Å². The average molecular weight is 474 g/mol. The molecule has 0 unspecified atom stereocenters. The molecule has 1 atom stereocenters. The first kappa shape index (κ1) is 20.9. The fourth-order valence-electron chi connectivity index (χ4n) is 5.60. The molecule has 0 aliphatic carbocycles. The summed E-state index contributed by atoms with van der Waals surface area (Å²) >= 11 is 0. The Morgan fingerprint density at radius 3 is 2.47 bits per heavy atom. The lowest BCUT2D eigenvalue weighted by Crippen LogP contribution is -2.54. The molecule has 3 aliphatic rings. The minimum Gasteiger partial charge on any atom is -0.410 e. The number of fused-ring (bicyclic) bond motifs is 3. The smallest absolute Gasteiger partial charge is 0.224 e. The molecule has 7 nitrogen and oxygen atoms in total. The third kappa shape index (κ3) is 2.43. The zero-order chi connectivity index (χ0) is 23.9. The van der Waals surface area contributed by atoms with Crippen molar-refractivity contribution < 1.29 is 18.5 Å². The zero-order valence-corrected chi connectivity index (χ0v) is 19.8. The Balaban J connectivity index is 1.43. The topological polar surface area (TPSA) is 91.6 Å². The maximum absolute atomic E-state index is 13.5. The molecule has 3 aromatic carbocycles. The summed E-state index contributed by atoms with van der Waals surface area (Å²) in [6, 6.07) is 19.9. The van der Waals surface area contributed by atoms with Gasteiger partial charge in [0, 0.05) is 29.4 Å². The van der Waals surface area contributed by atoms with Crippen LogP contribution in [0.5, 0.6) is 0 Å². The van der Waals surface area contributed by atoms with Gasteiger partial charge in [-0.3, -0.25) is 0 Å². The largest absolute Gasteiger partial charge is 0.410 e. The molecule has 6 rings (SSSR count). The van der Waals surface area contributed by atoms with Gasteiger partial charge in [0.1, 0.15) is 5.71 Å². The number of para-hydroxylation sites is 1. The summed E-state index contributed by atoms with van der Waals surface area (Å²) < 4.78 is 26.9. The van der Waals surface area contributed by atoms with Gasteiger partial charge in [-0.15, -0.1) is 0 Å². The van der Waals surface area contributed by atoms with Crippen LogP contribution in [0.1, 0.15) is 42.5 Å². The number of sulfone groups is 1. The first-order valence-corrected chi connectivity index (χ1v) is 12.5. The second-order valence-electron chi connectivity index (χ2n) is 9.45. The standard InChI is InChI=1S/C26H23N3O4S/c1-25(2)19-9-5-6-10-21(19)29(3)26(25)15-20(28-33-26)16-12-13-18-23(14-16)34(31,32)22-11-7-4-8-17(22)24(18)27-30/h4-14,30H,15H2,1-3H3/b27-24-/t26-/m1/s1. The van der Waals surface area contributed by atoms with Crippen molar-refractivity contribution in [3.63, 3.8) is 0 Å². The molecule has 0 saturated carbocycles. The van der Waals surface area contributed by atoms with Gasteiger partial charge in [-0.25, -0.2) is 8.42 Å². The van der Waals surface area contributed by atoms with Gasteiger partial charge in [-0.2, -0.15) is 0 Å². The van der Waals surface area contributed by atoms with Crippen LogP contribution < -0.4 is 4.90 Å². The van der Waals surface area contributed by atoms with Gasteiger partial charge in [0.25, 0.3) is 0 Å². The first-order valence-electron chi connectivity index (χ1n) is 11.0. The molecule has 0 saturated heterocycles. The summed E-state index contributed by atoms with van der Waals surface area (Å²) in [5.74, 6) is 0. The van der Waals surface area contributed by atoms with Crippen LogP contribution in [0, 0.1) is 0 Å². The Kier molecular flexibility index (Phi) is 4.12. The summed E-state index contributed by atoms with van der Waals surface area (Å²) in [5, 5.41) is 17.6. The van der Waals surface area contributed by atoms with Crippen LogP contribution in [-0.4, -0.2) is 37.8 Å². The van der Waals surface area contributed by atoms with E-state index in [-0.39, 0.29) is 20.9 Å². The lowest BCUT2D eigenvalue weighted by atomic mass is 9.75. The van der Waals surface area contributed by atoms with Gasteiger partial charge < -0.3 is 14.9 Å². The molecule has 3 heterocycles. The molecule has 3 aliphatic heterocycles. The quantitative estimate of drug-likeness (QED) is 0.329. The van der Waals surface area contributed by atoms with Crippen molar-refractivity contribution in [2.24, 2.45) is 10.3 Å². The van der Waals surface area contributed by atoms with Crippen LogP contribution in [0.2, 0.25) is 0 Å². The summed E-state index contributed by atoms with van der Waals surface area (Å²) in [5.41, 5.74) is 3.54. The zero-order valence-electron chi connectivity index (χ0n) is 19.0. The molecule has 0 bridgehead atoms. The third-order valence-corrected chi connectivity index (χ3v) is 9.41. The predicted molar refractivity (Wildman–Crippen MR) is 129 cm³/mol. The average Bonchev–Trinajstić information content (AvgIpc) is 3.37. The van der Waals surface area contributed by atoms with E-state index < -0.39 is 15.6 Å². The van der Waals surface area contributed by atoms with Crippen LogP contribution in [0.4, 0.5) is 5.69 Å². The van der Waals surface area contributed by atoms with Gasteiger partial charge >= 0.3 is 0 Å². The highest BCUT2D eigenvalue weighted by atomic mass is 32.2. The third-order valence-electron chi connectivity index (χ3n) is 7.56. The summed E-state index contributed by atoms with van der Waals surface area (Å²) in [4.78, 5) is 8.52. The van der Waals surface area contributed by atoms with E-state index in [0.29, 0.717) is 28.8 Å². The van der Waals surface area contributed by atoms with Gasteiger partial charge in [0.2, 0.25) is 15.6 Å². The van der Waals surface area contributed by atoms with Crippen molar-refractivity contribution >= 4 is 26.9 Å². The van der Waals surface area contributed by atoms with E-state index >= 15 is 0 Å². The normalized spacial score (nSPS) is 24.4. The van der Waals surface area contributed by atoms with Gasteiger partial charge in [0.05, 0.1) is 27.3 Å². The minimum absolute atomic E-state index is 0.0995. The highest BCUT2D eigenvalue weighted by molar-refractivity contribution is 7.91. The number of anilines is 1. The molecule has 0 amide bonds. The fraction of sp³-hybridized carbons (Fsp3) is 0.231. The second kappa shape index (κ2) is 6.70. The van der Waals surface area contributed by atoms with E-state index in [1.807, 2.05) is 25.2 Å². The Hall–Kier alpha value is -3.65. The fourth-order valence-corrected chi connectivity index (χ4v) is 7.28. The van der Waals surface area contributed by atoms with Crippen molar-refractivity contribution in [1.29, 1.82) is 0 Å². The number of nitrogens with zero attached hydrogens (tertiary/aromatic N) is 3. The number of hydrogen-bond donors (Lipinski definition) is 1. The molecule has 3 aromatic rings. The van der Waals surface area contributed by atoms with E-state index in [0.717, 1.165) is 5.69 Å². The van der Waals surface area contributed by atoms with E-state index in [9.17, 15) is 13.6 Å². The summed E-state index contributed by atoms with van der Waals surface area (Å²) in [6.45, 7) is 4.29. The summed E-state index contributed by atoms with van der Waals surface area (Å²) in [7, 11) is -1.80. The molecule has 0 aromatic heterocycles. The molecule has 1 N–H and O–H groups in total. The SMILES string of the molecule is CN1c2ccccc2C(C)(C)[C@]12CC(c1ccc3c(c1)S(=O)(=O)c1ccccc1/C3=N/O)=NO2. The maximum Gasteiger partial charge on any atom is 0.224 e. The lowest BCUT2D eigenvalue weighted by Gasteiger charge is -2.40. The molecule has 34 heavy (non-hydrogen) atoms. The van der Waals surface area contributed by atoms with E-state index in [1.54, 1.807) is 30.3 Å². The van der Waals surface area contributed by atoms with Crippen molar-refractivity contribution in [2.45, 2.75) is 41.2 Å². The Bertz CT molecular complexity index is 1540. The van der Waals surface area contributed by atoms with Crippen molar-refractivity contribution in [3.8, 4) is 0 Å². The molecule has 172 valence electrons. The Morgan fingerprint density at radius 2 is 1.71 bits per heavy atom. The Labute approximate surface area is 197 Å². The van der Waals surface area contributed by atoms with E-state index in [1.165, 1.54) is 11.6 Å². The molecule has 8 heteroatoms. The summed E-state index contributed by atoms with van der Waals surface area (Å²) in [6.07, 6.45) is 0.488. The lowest BCUT2D eigenvalue weighted by molar-refractivity contribution is -0.0591. The Morgan fingerprint density at radius 1 is 1.00 bits per heavy atom. The van der Waals surface area contributed by atoms with Gasteiger partial charge in [0.15, 0.2) is 0 Å². The predicted octanol–water partition coefficient (Wildman–Crippen LogP) is 4.31. The highest BCUT2D eigenvalue weighted by Gasteiger charge is 2.61. The van der Waals surface area contributed by atoms with Crippen molar-refractivity contribution in [2.75, 3.05) is 11.9 Å². The molecule has 0 fully saturated rings. The molecule has 1 spiro atoms. The van der Waals surface area contributed by atoms with Gasteiger partial charge in [-0.05, 0) is 37.6 Å². The number of oxime groups is 2. The van der Waals surface area contributed by atoms with Crippen molar-refractivity contribution in [1.82, 2.24) is 0 Å². The van der Waals surface area contributed by atoms with Crippen LogP contribution in [0.3, 0.4) is 0 Å². The second-order valence-corrected chi connectivity index (χ2v) is 11.3. The van der Waals surface area contributed by atoms with Crippen LogP contribution in [-0.2, 0) is 20.1 Å². The number of hydrogen-bond acceptors (Lipinski definition) is 7. The number of rotatable bonds is 1. The van der Waals surface area contributed by atoms with Crippen molar-refractivity contribution in [3.05, 3.63) is 89.0 Å². The van der Waals surface area contributed by atoms with Crippen LogP contribution >= 0.6 is 0 Å². The van der Waals surface area contributed by atoms with E-state index in [2.05, 4.69) is 41.2 Å². The monoisotopic (exact) mass is 473 g/mol. The van der Waals surface area contributed by atoms with Crippen LogP contribution in [0.25, 0.3) is 0 Å². The van der Waals surface area contributed by atoms with Crippen LogP contribution in [0.15, 0.2) is 86.8 Å². The first-order chi connectivity index (χ1) is 16.2. The molecule has 0 radical (unpaired) electrons. The highest BCUT2D eigenvalue weighted by Crippen LogP contribution is 2.55. The molecular weight excluding hydrogens is 450 g/mol. The minimum atomic E-state index is -3.80. The number of benzene rings is 3. The number of likely N-dealkylation sites (N-methyl/N-ethyl adjacent to an activating group) is 1. The van der Waals surface area contributed by atoms with Gasteiger partial charge in [-0.1, -0.05) is 58.8 Å². The maximum atomic E-state index is 13.5. The molecular formula is C26H23N3O4S.